The zero-order chi connectivity index (χ0) is 11.0. The largest absolute Gasteiger partial charge is 1.00 e. The molecule has 0 amide bonds. The van der Waals surface area contributed by atoms with Gasteiger partial charge in [-0.1, -0.05) is 0 Å². The van der Waals surface area contributed by atoms with Gasteiger partial charge in [-0.2, -0.15) is 0 Å². The van der Waals surface area contributed by atoms with E-state index in [4.69, 9.17) is 20.4 Å². The van der Waals surface area contributed by atoms with Crippen LogP contribution in [0.1, 0.15) is 12.8 Å². The third kappa shape index (κ3) is 9.04. The highest BCUT2D eigenvalue weighted by Gasteiger charge is 2.19. The van der Waals surface area contributed by atoms with E-state index in [1.807, 2.05) is 7.05 Å². The quantitative estimate of drug-likeness (QED) is 0.256. The molecule has 0 aromatic rings. The van der Waals surface area contributed by atoms with Crippen LogP contribution in [-0.4, -0.2) is 71.1 Å². The Kier molecular flexibility index (Phi) is 10.9. The van der Waals surface area contributed by atoms with Gasteiger partial charge in [0.1, 0.15) is 13.1 Å². The van der Waals surface area contributed by atoms with Crippen molar-refractivity contribution in [2.75, 3.05) is 39.9 Å². The fourth-order valence-electron chi connectivity index (χ4n) is 1.47. The molecule has 0 spiro atoms. The summed E-state index contributed by atoms with van der Waals surface area (Å²) in [6, 6.07) is 0. The van der Waals surface area contributed by atoms with Gasteiger partial charge in [0.05, 0.1) is 26.8 Å². The van der Waals surface area contributed by atoms with Crippen LogP contribution in [-0.2, 0) is 0 Å². The summed E-state index contributed by atoms with van der Waals surface area (Å²) in [4.78, 5) is 0. The zero-order valence-electron chi connectivity index (χ0n) is 9.14. The Hall–Kier alpha value is 0.0900. The van der Waals surface area contributed by atoms with Crippen LogP contribution in [0.3, 0.4) is 0 Å². The molecule has 0 fully saturated rings. The first-order valence-corrected chi connectivity index (χ1v) is 4.95. The summed E-state index contributed by atoms with van der Waals surface area (Å²) < 4.78 is 0.569. The lowest BCUT2D eigenvalue weighted by Crippen LogP contribution is -3.00. The summed E-state index contributed by atoms with van der Waals surface area (Å²) in [5.74, 6) is 0. The molecule has 0 unspecified atom stereocenters. The lowest BCUT2D eigenvalue weighted by molar-refractivity contribution is -0.910. The molecule has 0 aromatic heterocycles. The number of aliphatic hydroxyl groups excluding tert-OH is 3. The maximum Gasteiger partial charge on any atom is 0.151 e. The maximum atomic E-state index is 8.84. The minimum absolute atomic E-state index is 0. The van der Waals surface area contributed by atoms with Crippen molar-refractivity contribution >= 4 is 0 Å². The third-order valence-corrected chi connectivity index (χ3v) is 2.44. The van der Waals surface area contributed by atoms with E-state index in [0.29, 0.717) is 30.4 Å². The first kappa shape index (κ1) is 17.5. The number of aliphatic hydroxyl groups is 4. The minimum atomic E-state index is -1.26. The van der Waals surface area contributed by atoms with Crippen molar-refractivity contribution in [2.45, 2.75) is 19.1 Å². The monoisotopic (exact) mass is 243 g/mol. The van der Waals surface area contributed by atoms with E-state index in [-0.39, 0.29) is 25.6 Å². The molecule has 94 valence electrons. The topological polar surface area (TPSA) is 80.9 Å². The van der Waals surface area contributed by atoms with Crippen molar-refractivity contribution < 1.29 is 37.3 Å². The minimum Gasteiger partial charge on any atom is -1.00 e. The zero-order valence-corrected chi connectivity index (χ0v) is 9.90. The van der Waals surface area contributed by atoms with Crippen molar-refractivity contribution in [1.82, 2.24) is 0 Å². The number of hydrogen-bond acceptors (Lipinski definition) is 4. The van der Waals surface area contributed by atoms with E-state index in [0.717, 1.165) is 6.54 Å². The average Bonchev–Trinajstić information content (AvgIpc) is 2.03. The molecule has 0 atom stereocenters. The fraction of sp³-hybridized carbons (Fsp3) is 1.00. The first-order chi connectivity index (χ1) is 6.54. The van der Waals surface area contributed by atoms with Crippen LogP contribution in [0.5, 0.6) is 0 Å². The van der Waals surface area contributed by atoms with Crippen molar-refractivity contribution in [3.8, 4) is 0 Å². The Balaban J connectivity index is 0. The van der Waals surface area contributed by atoms with Crippen molar-refractivity contribution in [2.24, 2.45) is 0 Å². The summed E-state index contributed by atoms with van der Waals surface area (Å²) >= 11 is 0. The van der Waals surface area contributed by atoms with E-state index in [1.54, 1.807) is 0 Å². The van der Waals surface area contributed by atoms with Crippen molar-refractivity contribution in [3.05, 3.63) is 0 Å². The van der Waals surface area contributed by atoms with Gasteiger partial charge < -0.3 is 37.3 Å². The molecule has 0 saturated heterocycles. The van der Waals surface area contributed by atoms with Crippen LogP contribution in [0, 0.1) is 0 Å². The van der Waals surface area contributed by atoms with E-state index < -0.39 is 6.29 Å². The summed E-state index contributed by atoms with van der Waals surface area (Å²) in [6.07, 6.45) is -0.245. The van der Waals surface area contributed by atoms with Gasteiger partial charge in [-0.25, -0.2) is 0 Å². The molecule has 0 saturated carbocycles. The number of rotatable bonds is 8. The van der Waals surface area contributed by atoms with Gasteiger partial charge in [-0.3, -0.25) is 0 Å². The van der Waals surface area contributed by atoms with E-state index >= 15 is 0 Å². The SMILES string of the molecule is C[N+](CCO)(CCO)CCCC(O)O.[Cl-]. The van der Waals surface area contributed by atoms with E-state index in [2.05, 4.69) is 0 Å². The molecule has 0 bridgehead atoms. The summed E-state index contributed by atoms with van der Waals surface area (Å²) in [6.45, 7) is 2.07. The normalized spacial score (nSPS) is 11.6. The van der Waals surface area contributed by atoms with Gasteiger partial charge in [-0.05, 0) is 0 Å². The van der Waals surface area contributed by atoms with Gasteiger partial charge in [-0.15, -0.1) is 0 Å². The number of likely N-dealkylation sites (N-methyl/N-ethyl adjacent to an activating group) is 1. The highest BCUT2D eigenvalue weighted by molar-refractivity contribution is 4.44. The smallest absolute Gasteiger partial charge is 0.151 e. The van der Waals surface area contributed by atoms with Gasteiger partial charge in [0.15, 0.2) is 6.29 Å². The first-order valence-electron chi connectivity index (χ1n) is 4.95. The van der Waals surface area contributed by atoms with E-state index in [1.165, 1.54) is 0 Å². The summed E-state index contributed by atoms with van der Waals surface area (Å²) in [7, 11) is 1.94. The molecular formula is C9H22ClNO4. The molecule has 15 heavy (non-hydrogen) atoms. The van der Waals surface area contributed by atoms with Crippen molar-refractivity contribution in [3.63, 3.8) is 0 Å². The molecule has 0 aliphatic carbocycles. The molecule has 0 aromatic carbocycles. The Morgan fingerprint density at radius 2 is 1.47 bits per heavy atom. The highest BCUT2D eigenvalue weighted by atomic mass is 35.5. The Morgan fingerprint density at radius 3 is 1.80 bits per heavy atom. The van der Waals surface area contributed by atoms with E-state index in [9.17, 15) is 0 Å². The Morgan fingerprint density at radius 1 is 1.00 bits per heavy atom. The number of hydrogen-bond donors (Lipinski definition) is 4. The summed E-state index contributed by atoms with van der Waals surface area (Å²) in [5.41, 5.74) is 0. The van der Waals surface area contributed by atoms with Gasteiger partial charge in [0, 0.05) is 12.8 Å². The van der Waals surface area contributed by atoms with Crippen molar-refractivity contribution in [1.29, 1.82) is 0 Å². The number of quaternary nitrogens is 1. The predicted molar refractivity (Wildman–Crippen MR) is 52.4 cm³/mol. The molecule has 4 N–H and O–H groups in total. The average molecular weight is 244 g/mol. The molecule has 0 aliphatic rings. The third-order valence-electron chi connectivity index (χ3n) is 2.44. The molecular weight excluding hydrogens is 222 g/mol. The molecule has 6 heteroatoms. The van der Waals surface area contributed by atoms with Crippen LogP contribution < -0.4 is 12.4 Å². The highest BCUT2D eigenvalue weighted by Crippen LogP contribution is 2.05. The maximum absolute atomic E-state index is 8.84. The molecule has 0 rings (SSSR count). The van der Waals surface area contributed by atoms with Crippen LogP contribution in [0.2, 0.25) is 0 Å². The lowest BCUT2D eigenvalue weighted by Gasteiger charge is -2.33. The number of nitrogens with zero attached hydrogens (tertiary/aromatic N) is 1. The van der Waals surface area contributed by atoms with Gasteiger partial charge in [0.25, 0.3) is 0 Å². The molecule has 0 heterocycles. The molecule has 0 aliphatic heterocycles. The second-order valence-electron chi connectivity index (χ2n) is 3.86. The standard InChI is InChI=1S/C9H22NO4.ClH/c1-10(5-7-11,6-8-12)4-2-3-9(13)14;/h9,11-14H,2-8H2,1H3;1H/q+1;/p-1. The van der Waals surface area contributed by atoms with Crippen LogP contribution in [0.4, 0.5) is 0 Å². The van der Waals surface area contributed by atoms with Gasteiger partial charge in [0.2, 0.25) is 0 Å². The van der Waals surface area contributed by atoms with Crippen LogP contribution in [0.15, 0.2) is 0 Å². The second kappa shape index (κ2) is 9.33. The molecule has 0 radical (unpaired) electrons. The van der Waals surface area contributed by atoms with Crippen LogP contribution in [0.25, 0.3) is 0 Å². The Labute approximate surface area is 97.0 Å². The van der Waals surface area contributed by atoms with Gasteiger partial charge >= 0.3 is 0 Å². The Bertz CT molecular complexity index is 140. The second-order valence-corrected chi connectivity index (χ2v) is 3.86. The predicted octanol–water partition coefficient (Wildman–Crippen LogP) is -4.49. The fourth-order valence-corrected chi connectivity index (χ4v) is 1.47. The van der Waals surface area contributed by atoms with Crippen LogP contribution >= 0.6 is 0 Å². The number of halogens is 1. The molecule has 5 nitrogen and oxygen atoms in total. The summed E-state index contributed by atoms with van der Waals surface area (Å²) in [5, 5.41) is 35.0. The lowest BCUT2D eigenvalue weighted by atomic mass is 10.2.